The fourth-order valence-electron chi connectivity index (χ4n) is 1.98. The zero-order chi connectivity index (χ0) is 9.97. The molecule has 1 N–H and O–H groups in total. The molecule has 3 heteroatoms. The Morgan fingerprint density at radius 2 is 1.93 bits per heavy atom. The predicted molar refractivity (Wildman–Crippen MR) is 59.8 cm³/mol. The maximum atomic E-state index is 3.37. The van der Waals surface area contributed by atoms with Crippen LogP contribution in [0.2, 0.25) is 0 Å². The molecule has 1 fully saturated rings. The van der Waals surface area contributed by atoms with E-state index in [0.29, 0.717) is 0 Å². The van der Waals surface area contributed by atoms with Crippen molar-refractivity contribution in [1.82, 2.24) is 5.32 Å². The fourth-order valence-corrected chi connectivity index (χ4v) is 1.98. The standard InChI is InChI=1S/C12H17N2.Y/c1-10-3-4-12(11(2)9-10)14-7-5-13-6-8-14;/h3,9,13H,5-8H2,1-2H3;/q-1;+3. The molecule has 0 radical (unpaired) electrons. The summed E-state index contributed by atoms with van der Waals surface area (Å²) in [5.41, 5.74) is 3.91. The number of nitrogens with one attached hydrogen (secondary N) is 1. The third-order valence-corrected chi connectivity index (χ3v) is 2.69. The van der Waals surface area contributed by atoms with E-state index in [1.807, 2.05) is 0 Å². The van der Waals surface area contributed by atoms with Crippen molar-refractivity contribution in [2.24, 2.45) is 0 Å². The molecular weight excluding hydrogens is 261 g/mol. The molecule has 1 saturated heterocycles. The van der Waals surface area contributed by atoms with Gasteiger partial charge in [0, 0.05) is 26.2 Å². The van der Waals surface area contributed by atoms with Gasteiger partial charge in [-0.15, -0.1) is 5.56 Å². The van der Waals surface area contributed by atoms with Gasteiger partial charge < -0.3 is 10.2 Å². The average Bonchev–Trinajstić information content (AvgIpc) is 2.19. The number of aryl methyl sites for hydroxylation is 2. The number of rotatable bonds is 1. The third kappa shape index (κ3) is 3.27. The molecule has 0 bridgehead atoms. The van der Waals surface area contributed by atoms with Gasteiger partial charge in [0.05, 0.1) is 0 Å². The number of piperazine rings is 1. The van der Waals surface area contributed by atoms with Crippen molar-refractivity contribution >= 4 is 5.69 Å². The molecule has 2 nitrogen and oxygen atoms in total. The average molecular weight is 278 g/mol. The monoisotopic (exact) mass is 278 g/mol. The first-order valence-corrected chi connectivity index (χ1v) is 5.22. The number of hydrogen-bond donors (Lipinski definition) is 1. The van der Waals surface area contributed by atoms with Crippen LogP contribution in [0, 0.1) is 19.9 Å². The molecule has 0 atom stereocenters. The molecule has 1 aliphatic rings. The van der Waals surface area contributed by atoms with Crippen LogP contribution in [0.3, 0.4) is 0 Å². The fraction of sp³-hybridized carbons (Fsp3) is 0.500. The summed E-state index contributed by atoms with van der Waals surface area (Å²) in [5, 5.41) is 3.36. The Morgan fingerprint density at radius 1 is 1.27 bits per heavy atom. The van der Waals surface area contributed by atoms with Gasteiger partial charge in [-0.3, -0.25) is 0 Å². The summed E-state index contributed by atoms with van der Waals surface area (Å²) in [5.74, 6) is 0. The zero-order valence-electron chi connectivity index (χ0n) is 9.51. The van der Waals surface area contributed by atoms with Crippen LogP contribution in [0.1, 0.15) is 11.1 Å². The van der Waals surface area contributed by atoms with Crippen LogP contribution < -0.4 is 10.2 Å². The Morgan fingerprint density at radius 3 is 2.53 bits per heavy atom. The van der Waals surface area contributed by atoms with Crippen LogP contribution in [-0.4, -0.2) is 26.2 Å². The molecule has 76 valence electrons. The van der Waals surface area contributed by atoms with Gasteiger partial charge in [-0.2, -0.15) is 23.8 Å². The SMILES string of the molecule is Cc1c[c-]c(N2CCNCC2)c(C)c1.[Y+3]. The molecule has 0 aliphatic carbocycles. The van der Waals surface area contributed by atoms with Gasteiger partial charge >= 0.3 is 32.7 Å². The van der Waals surface area contributed by atoms with Crippen molar-refractivity contribution in [2.45, 2.75) is 13.8 Å². The second-order valence-electron chi connectivity index (χ2n) is 3.95. The van der Waals surface area contributed by atoms with Crippen LogP contribution >= 0.6 is 0 Å². The molecule has 1 aromatic carbocycles. The molecule has 2 rings (SSSR count). The predicted octanol–water partition coefficient (Wildman–Crippen LogP) is 1.51. The van der Waals surface area contributed by atoms with E-state index in [9.17, 15) is 0 Å². The Labute approximate surface area is 117 Å². The van der Waals surface area contributed by atoms with E-state index in [4.69, 9.17) is 0 Å². The largest absolute Gasteiger partial charge is 3.00 e. The molecule has 0 saturated carbocycles. The van der Waals surface area contributed by atoms with Crippen LogP contribution in [0.15, 0.2) is 12.1 Å². The Kier molecular flexibility index (Phi) is 5.24. The van der Waals surface area contributed by atoms with Gasteiger partial charge in [0.15, 0.2) is 0 Å². The Hall–Kier alpha value is 0.0839. The number of hydrogen-bond acceptors (Lipinski definition) is 2. The van der Waals surface area contributed by atoms with Gasteiger partial charge in [0.2, 0.25) is 0 Å². The van der Waals surface area contributed by atoms with E-state index < -0.39 is 0 Å². The van der Waals surface area contributed by atoms with E-state index in [0.717, 1.165) is 26.2 Å². The molecule has 0 amide bonds. The van der Waals surface area contributed by atoms with E-state index in [1.54, 1.807) is 0 Å². The van der Waals surface area contributed by atoms with Crippen LogP contribution in [0.25, 0.3) is 0 Å². The first kappa shape index (κ1) is 13.2. The molecule has 15 heavy (non-hydrogen) atoms. The summed E-state index contributed by atoms with van der Waals surface area (Å²) < 4.78 is 0. The molecular formula is C12H17N2Y+2. The summed E-state index contributed by atoms with van der Waals surface area (Å²) in [6.07, 6.45) is 0. The van der Waals surface area contributed by atoms with E-state index in [2.05, 4.69) is 42.3 Å². The Bertz CT molecular complexity index is 319. The van der Waals surface area contributed by atoms with Crippen LogP contribution in [0.4, 0.5) is 5.69 Å². The Balaban J connectivity index is 0.00000112. The maximum absolute atomic E-state index is 3.37. The normalized spacial score (nSPS) is 16.0. The van der Waals surface area contributed by atoms with Crippen molar-refractivity contribution in [2.75, 3.05) is 31.1 Å². The van der Waals surface area contributed by atoms with Crippen molar-refractivity contribution < 1.29 is 32.7 Å². The van der Waals surface area contributed by atoms with Crippen LogP contribution in [0.5, 0.6) is 0 Å². The maximum Gasteiger partial charge on any atom is 3.00 e. The summed E-state index contributed by atoms with van der Waals surface area (Å²) >= 11 is 0. The minimum atomic E-state index is 0. The topological polar surface area (TPSA) is 15.3 Å². The van der Waals surface area contributed by atoms with Gasteiger partial charge in [-0.25, -0.2) is 0 Å². The quantitative estimate of drug-likeness (QED) is 0.783. The minimum absolute atomic E-state index is 0. The summed E-state index contributed by atoms with van der Waals surface area (Å²) in [7, 11) is 0. The number of benzene rings is 1. The second kappa shape index (κ2) is 5.98. The number of anilines is 1. The third-order valence-electron chi connectivity index (χ3n) is 2.69. The molecule has 0 spiro atoms. The van der Waals surface area contributed by atoms with E-state index >= 15 is 0 Å². The first-order valence-electron chi connectivity index (χ1n) is 5.22. The van der Waals surface area contributed by atoms with Crippen LogP contribution in [-0.2, 0) is 32.7 Å². The molecule has 0 unspecified atom stereocenters. The van der Waals surface area contributed by atoms with Gasteiger partial charge in [0.25, 0.3) is 0 Å². The van der Waals surface area contributed by atoms with Gasteiger partial charge in [-0.05, 0) is 0 Å². The molecule has 1 aromatic rings. The summed E-state index contributed by atoms with van der Waals surface area (Å²) in [6.45, 7) is 8.65. The van der Waals surface area contributed by atoms with Gasteiger partial charge in [0.1, 0.15) is 0 Å². The zero-order valence-corrected chi connectivity index (χ0v) is 12.3. The first-order chi connectivity index (χ1) is 6.77. The van der Waals surface area contributed by atoms with Gasteiger partial charge in [-0.1, -0.05) is 19.5 Å². The molecule has 1 aliphatic heterocycles. The van der Waals surface area contributed by atoms with Crippen molar-refractivity contribution in [3.8, 4) is 0 Å². The van der Waals surface area contributed by atoms with Crippen molar-refractivity contribution in [3.63, 3.8) is 0 Å². The summed E-state index contributed by atoms with van der Waals surface area (Å²) in [6, 6.07) is 7.68. The van der Waals surface area contributed by atoms with E-state index in [-0.39, 0.29) is 32.7 Å². The molecule has 1 heterocycles. The summed E-state index contributed by atoms with van der Waals surface area (Å²) in [4.78, 5) is 2.41. The minimum Gasteiger partial charge on any atom is -0.391 e. The van der Waals surface area contributed by atoms with Crippen molar-refractivity contribution in [3.05, 3.63) is 29.3 Å². The van der Waals surface area contributed by atoms with E-state index in [1.165, 1.54) is 16.8 Å². The van der Waals surface area contributed by atoms with Crippen molar-refractivity contribution in [1.29, 1.82) is 0 Å². The number of nitrogens with zero attached hydrogens (tertiary/aromatic N) is 1. The molecule has 0 aromatic heterocycles. The second-order valence-corrected chi connectivity index (χ2v) is 3.95. The smallest absolute Gasteiger partial charge is 0.391 e.